The van der Waals surface area contributed by atoms with Gasteiger partial charge in [0.15, 0.2) is 0 Å². The smallest absolute Gasteiger partial charge is 0.368 e. The lowest BCUT2D eigenvalue weighted by Crippen LogP contribution is -2.46. The molecule has 0 aliphatic carbocycles. The number of nitrogens with two attached hydrogens (primary N) is 1. The van der Waals surface area contributed by atoms with Gasteiger partial charge in [-0.05, 0) is 18.2 Å². The van der Waals surface area contributed by atoms with Gasteiger partial charge in [-0.25, -0.2) is 0 Å². The van der Waals surface area contributed by atoms with Gasteiger partial charge < -0.3 is 11.1 Å². The van der Waals surface area contributed by atoms with E-state index >= 15 is 0 Å². The highest BCUT2D eigenvalue weighted by Gasteiger charge is 2.37. The Labute approximate surface area is 170 Å². The fourth-order valence-corrected chi connectivity index (χ4v) is 2.63. The van der Waals surface area contributed by atoms with Gasteiger partial charge in [-0.2, -0.15) is 26.3 Å². The SMILES string of the molecule is NC(=O)[C@H](Cc1ccccc1[N+](=O)[O-])NC(=O)c1cc(C(F)(F)F)cc(C(F)(F)F)c1. The van der Waals surface area contributed by atoms with Crippen molar-refractivity contribution in [2.75, 3.05) is 0 Å². The Morgan fingerprint density at radius 2 is 1.52 bits per heavy atom. The Morgan fingerprint density at radius 3 is 1.97 bits per heavy atom. The normalized spacial score (nSPS) is 12.8. The number of nitro benzene ring substituents is 1. The van der Waals surface area contributed by atoms with E-state index in [1.54, 1.807) is 0 Å². The number of amides is 2. The van der Waals surface area contributed by atoms with E-state index in [4.69, 9.17) is 5.73 Å². The van der Waals surface area contributed by atoms with E-state index in [-0.39, 0.29) is 23.8 Å². The van der Waals surface area contributed by atoms with Gasteiger partial charge in [-0.3, -0.25) is 19.7 Å². The average Bonchev–Trinajstić information content (AvgIpc) is 2.65. The predicted octanol–water partition coefficient (Wildman–Crippen LogP) is 3.46. The van der Waals surface area contributed by atoms with Crippen LogP contribution in [0.3, 0.4) is 0 Å². The number of halogens is 6. The molecule has 1 atom stereocenters. The molecule has 166 valence electrons. The topological polar surface area (TPSA) is 115 Å². The molecule has 0 unspecified atom stereocenters. The molecular weight excluding hydrogens is 436 g/mol. The molecule has 0 heterocycles. The second-order valence-electron chi connectivity index (χ2n) is 6.31. The fraction of sp³-hybridized carbons (Fsp3) is 0.222. The molecule has 31 heavy (non-hydrogen) atoms. The highest BCUT2D eigenvalue weighted by Crippen LogP contribution is 2.36. The van der Waals surface area contributed by atoms with E-state index in [9.17, 15) is 46.0 Å². The average molecular weight is 449 g/mol. The Morgan fingerprint density at radius 1 is 1.00 bits per heavy atom. The standard InChI is InChI=1S/C18H13F6N3O4/c19-17(20,21)11-5-10(6-12(8-11)18(22,23)24)16(29)26-13(15(25)28)7-9-3-1-2-4-14(9)27(30)31/h1-6,8,13H,7H2,(H2,25,28)(H,26,29)/t13-/m0/s1. The lowest BCUT2D eigenvalue weighted by atomic mass is 10.0. The number of benzene rings is 2. The molecule has 3 N–H and O–H groups in total. The van der Waals surface area contributed by atoms with E-state index in [0.29, 0.717) is 0 Å². The Hall–Kier alpha value is -3.64. The van der Waals surface area contributed by atoms with E-state index in [2.05, 4.69) is 0 Å². The minimum Gasteiger partial charge on any atom is -0.368 e. The second-order valence-corrected chi connectivity index (χ2v) is 6.31. The zero-order chi connectivity index (χ0) is 23.6. The number of carbonyl (C=O) groups is 2. The van der Waals surface area contributed by atoms with Gasteiger partial charge in [0.2, 0.25) is 5.91 Å². The van der Waals surface area contributed by atoms with Crippen molar-refractivity contribution in [2.45, 2.75) is 24.8 Å². The number of carbonyl (C=O) groups excluding carboxylic acids is 2. The van der Waals surface area contributed by atoms with Crippen LogP contribution in [0.25, 0.3) is 0 Å². The first-order valence-electron chi connectivity index (χ1n) is 8.32. The summed E-state index contributed by atoms with van der Waals surface area (Å²) in [7, 11) is 0. The molecule has 2 aromatic carbocycles. The summed E-state index contributed by atoms with van der Waals surface area (Å²) in [4.78, 5) is 34.3. The van der Waals surface area contributed by atoms with Crippen molar-refractivity contribution in [3.8, 4) is 0 Å². The van der Waals surface area contributed by atoms with Crippen LogP contribution in [0, 0.1) is 10.1 Å². The fourth-order valence-electron chi connectivity index (χ4n) is 2.63. The molecule has 2 amide bonds. The van der Waals surface area contributed by atoms with Crippen LogP contribution in [-0.4, -0.2) is 22.8 Å². The molecule has 0 aliphatic heterocycles. The summed E-state index contributed by atoms with van der Waals surface area (Å²) in [5.74, 6) is -2.64. The third kappa shape index (κ3) is 5.93. The Balaban J connectivity index is 2.39. The number of nitrogens with one attached hydrogen (secondary N) is 1. The first-order valence-corrected chi connectivity index (χ1v) is 8.32. The molecule has 0 aliphatic rings. The number of alkyl halides is 6. The minimum absolute atomic E-state index is 0.0309. The predicted molar refractivity (Wildman–Crippen MR) is 93.7 cm³/mol. The molecule has 2 aromatic rings. The van der Waals surface area contributed by atoms with Crippen LogP contribution in [-0.2, 0) is 23.6 Å². The number of nitro groups is 1. The zero-order valence-corrected chi connectivity index (χ0v) is 15.3. The van der Waals surface area contributed by atoms with Gasteiger partial charge in [0.05, 0.1) is 16.1 Å². The molecule has 2 rings (SSSR count). The highest BCUT2D eigenvalue weighted by atomic mass is 19.4. The molecule has 7 nitrogen and oxygen atoms in total. The highest BCUT2D eigenvalue weighted by molar-refractivity contribution is 5.97. The van der Waals surface area contributed by atoms with E-state index in [1.807, 2.05) is 5.32 Å². The van der Waals surface area contributed by atoms with Crippen LogP contribution in [0.2, 0.25) is 0 Å². The summed E-state index contributed by atoms with van der Waals surface area (Å²) in [6.45, 7) is 0. The van der Waals surface area contributed by atoms with Crippen LogP contribution >= 0.6 is 0 Å². The monoisotopic (exact) mass is 449 g/mol. The first-order chi connectivity index (χ1) is 14.2. The van der Waals surface area contributed by atoms with Crippen LogP contribution in [0.5, 0.6) is 0 Å². The quantitative estimate of drug-likeness (QED) is 0.399. The van der Waals surface area contributed by atoms with Crippen molar-refractivity contribution in [1.29, 1.82) is 0 Å². The van der Waals surface area contributed by atoms with Gasteiger partial charge in [0.1, 0.15) is 6.04 Å². The molecule has 0 fully saturated rings. The second kappa shape index (κ2) is 8.62. The Bertz CT molecular complexity index is 988. The number of nitrogens with zero attached hydrogens (tertiary/aromatic N) is 1. The Kier molecular flexibility index (Phi) is 6.57. The van der Waals surface area contributed by atoms with Crippen molar-refractivity contribution < 1.29 is 40.9 Å². The summed E-state index contributed by atoms with van der Waals surface area (Å²) < 4.78 is 77.8. The molecule has 0 spiro atoms. The summed E-state index contributed by atoms with van der Waals surface area (Å²) in [5, 5.41) is 13.0. The summed E-state index contributed by atoms with van der Waals surface area (Å²) in [6, 6.07) is 3.67. The van der Waals surface area contributed by atoms with E-state index < -0.39 is 63.9 Å². The van der Waals surface area contributed by atoms with E-state index in [1.165, 1.54) is 18.2 Å². The molecular formula is C18H13F6N3O4. The lowest BCUT2D eigenvalue weighted by molar-refractivity contribution is -0.385. The largest absolute Gasteiger partial charge is 0.416 e. The van der Waals surface area contributed by atoms with Crippen LogP contribution in [0.15, 0.2) is 42.5 Å². The van der Waals surface area contributed by atoms with Crippen molar-refractivity contribution in [1.82, 2.24) is 5.32 Å². The first kappa shape index (κ1) is 23.6. The van der Waals surface area contributed by atoms with Gasteiger partial charge in [-0.1, -0.05) is 18.2 Å². The van der Waals surface area contributed by atoms with Crippen LogP contribution in [0.1, 0.15) is 27.0 Å². The maximum Gasteiger partial charge on any atom is 0.416 e. The number of hydrogen-bond donors (Lipinski definition) is 2. The lowest BCUT2D eigenvalue weighted by Gasteiger charge is -2.18. The molecule has 13 heteroatoms. The molecule has 0 bridgehead atoms. The molecule has 0 radical (unpaired) electrons. The summed E-state index contributed by atoms with van der Waals surface area (Å²) in [5.41, 5.74) is 0.247. The number of hydrogen-bond acceptors (Lipinski definition) is 4. The van der Waals surface area contributed by atoms with Gasteiger partial charge in [-0.15, -0.1) is 0 Å². The zero-order valence-electron chi connectivity index (χ0n) is 15.3. The minimum atomic E-state index is -5.18. The van der Waals surface area contributed by atoms with Crippen molar-refractivity contribution in [3.05, 3.63) is 74.8 Å². The van der Waals surface area contributed by atoms with Crippen LogP contribution < -0.4 is 11.1 Å². The van der Waals surface area contributed by atoms with Gasteiger partial charge in [0, 0.05) is 23.6 Å². The maximum absolute atomic E-state index is 13.0. The summed E-state index contributed by atoms with van der Waals surface area (Å²) in [6.07, 6.45) is -10.9. The van der Waals surface area contributed by atoms with Gasteiger partial charge in [0.25, 0.3) is 11.6 Å². The molecule has 0 aromatic heterocycles. The maximum atomic E-state index is 13.0. The number of para-hydroxylation sites is 1. The third-order valence-electron chi connectivity index (χ3n) is 4.11. The van der Waals surface area contributed by atoms with E-state index in [0.717, 1.165) is 6.07 Å². The van der Waals surface area contributed by atoms with Crippen LogP contribution in [0.4, 0.5) is 32.0 Å². The van der Waals surface area contributed by atoms with Crippen molar-refractivity contribution in [2.24, 2.45) is 5.73 Å². The number of rotatable bonds is 6. The summed E-state index contributed by atoms with van der Waals surface area (Å²) >= 11 is 0. The van der Waals surface area contributed by atoms with Gasteiger partial charge >= 0.3 is 12.4 Å². The molecule has 0 saturated carbocycles. The van der Waals surface area contributed by atoms with Crippen molar-refractivity contribution in [3.63, 3.8) is 0 Å². The molecule has 0 saturated heterocycles. The van der Waals surface area contributed by atoms with Crippen molar-refractivity contribution >= 4 is 17.5 Å². The number of primary amides is 1. The third-order valence-corrected chi connectivity index (χ3v) is 4.11.